The summed E-state index contributed by atoms with van der Waals surface area (Å²) in [4.78, 5) is 0. The van der Waals surface area contributed by atoms with Gasteiger partial charge in [-0.3, -0.25) is 0 Å². The third-order valence-corrected chi connectivity index (χ3v) is 4.11. The summed E-state index contributed by atoms with van der Waals surface area (Å²) >= 11 is 3.50. The van der Waals surface area contributed by atoms with Gasteiger partial charge in [0.15, 0.2) is 11.5 Å². The van der Waals surface area contributed by atoms with Crippen molar-refractivity contribution >= 4 is 15.9 Å². The molecule has 0 spiro atoms. The number of aliphatic hydroxyl groups excluding tert-OH is 1. The van der Waals surface area contributed by atoms with E-state index in [0.29, 0.717) is 24.3 Å². The Hall–Kier alpha value is -1.52. The Bertz CT molecular complexity index is 598. The normalized spacial score (nSPS) is 12.0. The summed E-state index contributed by atoms with van der Waals surface area (Å²) in [5, 5.41) is 10.3. The molecule has 1 unspecified atom stereocenters. The molecule has 0 fully saturated rings. The van der Waals surface area contributed by atoms with Gasteiger partial charge in [-0.2, -0.15) is 0 Å². The lowest BCUT2D eigenvalue weighted by molar-refractivity contribution is 0.175. The quantitative estimate of drug-likeness (QED) is 0.864. The highest BCUT2D eigenvalue weighted by molar-refractivity contribution is 9.10. The molecule has 21 heavy (non-hydrogen) atoms. The topological polar surface area (TPSA) is 38.7 Å². The minimum atomic E-state index is -0.443. The van der Waals surface area contributed by atoms with Gasteiger partial charge in [-0.25, -0.2) is 0 Å². The van der Waals surface area contributed by atoms with E-state index in [1.807, 2.05) is 42.5 Å². The summed E-state index contributed by atoms with van der Waals surface area (Å²) in [6, 6.07) is 13.7. The van der Waals surface area contributed by atoms with Gasteiger partial charge in [-0.05, 0) is 42.2 Å². The van der Waals surface area contributed by atoms with Crippen LogP contribution in [0.25, 0.3) is 0 Å². The molecule has 0 saturated carbocycles. The van der Waals surface area contributed by atoms with Gasteiger partial charge < -0.3 is 14.6 Å². The van der Waals surface area contributed by atoms with Gasteiger partial charge in [-0.1, -0.05) is 40.2 Å². The van der Waals surface area contributed by atoms with Gasteiger partial charge in [0.1, 0.15) is 0 Å². The molecule has 0 saturated heterocycles. The minimum Gasteiger partial charge on any atom is -0.493 e. The highest BCUT2D eigenvalue weighted by atomic mass is 79.9. The molecule has 2 aromatic rings. The lowest BCUT2D eigenvalue weighted by atomic mass is 10.0. The summed E-state index contributed by atoms with van der Waals surface area (Å²) in [5.41, 5.74) is 2.12. The first-order valence-corrected chi connectivity index (χ1v) is 7.55. The third-order valence-electron chi connectivity index (χ3n) is 3.33. The first-order chi connectivity index (χ1) is 10.1. The molecule has 1 N–H and O–H groups in total. The van der Waals surface area contributed by atoms with Crippen molar-refractivity contribution in [3.05, 3.63) is 58.1 Å². The van der Waals surface area contributed by atoms with Gasteiger partial charge >= 0.3 is 0 Å². The molecule has 3 nitrogen and oxygen atoms in total. The number of aliphatic hydroxyl groups is 1. The van der Waals surface area contributed by atoms with Crippen LogP contribution in [0.2, 0.25) is 0 Å². The number of rotatable bonds is 6. The predicted octanol–water partition coefficient (Wildman–Crippen LogP) is 3.61. The molecule has 2 rings (SSSR count). The van der Waals surface area contributed by atoms with Gasteiger partial charge in [0.25, 0.3) is 0 Å². The van der Waals surface area contributed by atoms with Crippen LogP contribution in [0.15, 0.2) is 46.9 Å². The van der Waals surface area contributed by atoms with E-state index in [4.69, 9.17) is 9.47 Å². The van der Waals surface area contributed by atoms with Crippen LogP contribution in [0, 0.1) is 0 Å². The van der Waals surface area contributed by atoms with Crippen LogP contribution in [0.1, 0.15) is 11.1 Å². The molecule has 112 valence electrons. The Kier molecular flexibility index (Phi) is 5.65. The second kappa shape index (κ2) is 7.48. The van der Waals surface area contributed by atoms with Crippen molar-refractivity contribution in [2.45, 2.75) is 18.9 Å². The second-order valence-corrected chi connectivity index (χ2v) is 5.70. The fourth-order valence-electron chi connectivity index (χ4n) is 2.27. The third kappa shape index (κ3) is 4.22. The van der Waals surface area contributed by atoms with Crippen LogP contribution in [-0.4, -0.2) is 25.4 Å². The fourth-order valence-corrected chi connectivity index (χ4v) is 2.72. The van der Waals surface area contributed by atoms with E-state index in [9.17, 15) is 5.11 Å². The molecule has 2 aromatic carbocycles. The number of ether oxygens (including phenoxy) is 2. The molecule has 0 aliphatic carbocycles. The smallest absolute Gasteiger partial charge is 0.160 e. The largest absolute Gasteiger partial charge is 0.493 e. The van der Waals surface area contributed by atoms with Crippen LogP contribution in [0.5, 0.6) is 11.5 Å². The van der Waals surface area contributed by atoms with Crippen molar-refractivity contribution in [2.75, 3.05) is 14.2 Å². The van der Waals surface area contributed by atoms with E-state index in [2.05, 4.69) is 15.9 Å². The van der Waals surface area contributed by atoms with E-state index in [1.165, 1.54) is 0 Å². The molecule has 0 aromatic heterocycles. The fraction of sp³-hybridized carbons (Fsp3) is 0.294. The summed E-state index contributed by atoms with van der Waals surface area (Å²) in [7, 11) is 3.22. The second-order valence-electron chi connectivity index (χ2n) is 4.84. The Morgan fingerprint density at radius 2 is 1.71 bits per heavy atom. The molecule has 0 aliphatic heterocycles. The lowest BCUT2D eigenvalue weighted by Crippen LogP contribution is -2.14. The standard InChI is InChI=1S/C17H19BrO3/c1-20-16-8-7-12(10-17(16)21-2)9-14(19)11-13-5-3-4-6-15(13)18/h3-8,10,14,19H,9,11H2,1-2H3. The maximum atomic E-state index is 10.3. The summed E-state index contributed by atoms with van der Waals surface area (Å²) in [5.74, 6) is 1.38. The molecule has 1 atom stereocenters. The van der Waals surface area contributed by atoms with Crippen molar-refractivity contribution < 1.29 is 14.6 Å². The first kappa shape index (κ1) is 15.9. The monoisotopic (exact) mass is 350 g/mol. The predicted molar refractivity (Wildman–Crippen MR) is 87.1 cm³/mol. The molecule has 0 radical (unpaired) electrons. The zero-order chi connectivity index (χ0) is 15.2. The number of hydrogen-bond acceptors (Lipinski definition) is 3. The van der Waals surface area contributed by atoms with Gasteiger partial charge in [0, 0.05) is 4.47 Å². The highest BCUT2D eigenvalue weighted by Crippen LogP contribution is 2.28. The molecular weight excluding hydrogens is 332 g/mol. The number of methoxy groups -OCH3 is 2. The molecular formula is C17H19BrO3. The van der Waals surface area contributed by atoms with Crippen molar-refractivity contribution in [1.82, 2.24) is 0 Å². The number of halogens is 1. The van der Waals surface area contributed by atoms with E-state index in [0.717, 1.165) is 15.6 Å². The summed E-state index contributed by atoms with van der Waals surface area (Å²) < 4.78 is 11.5. The zero-order valence-corrected chi connectivity index (χ0v) is 13.8. The van der Waals surface area contributed by atoms with Crippen molar-refractivity contribution in [3.63, 3.8) is 0 Å². The van der Waals surface area contributed by atoms with Crippen molar-refractivity contribution in [2.24, 2.45) is 0 Å². The van der Waals surface area contributed by atoms with Crippen molar-refractivity contribution in [3.8, 4) is 11.5 Å². The Labute approximate surface area is 133 Å². The maximum Gasteiger partial charge on any atom is 0.160 e. The van der Waals surface area contributed by atoms with E-state index >= 15 is 0 Å². The van der Waals surface area contributed by atoms with Crippen molar-refractivity contribution in [1.29, 1.82) is 0 Å². The number of hydrogen-bond donors (Lipinski definition) is 1. The van der Waals surface area contributed by atoms with Crippen LogP contribution >= 0.6 is 15.9 Å². The highest BCUT2D eigenvalue weighted by Gasteiger charge is 2.11. The summed E-state index contributed by atoms with van der Waals surface area (Å²) in [6.07, 6.45) is 0.735. The van der Waals surface area contributed by atoms with Crippen LogP contribution in [0.4, 0.5) is 0 Å². The first-order valence-electron chi connectivity index (χ1n) is 6.76. The lowest BCUT2D eigenvalue weighted by Gasteiger charge is -2.14. The molecule has 0 heterocycles. The molecule has 0 aliphatic rings. The SMILES string of the molecule is COc1ccc(CC(O)Cc2ccccc2Br)cc1OC. The van der Waals surface area contributed by atoms with E-state index in [1.54, 1.807) is 14.2 Å². The molecule has 0 bridgehead atoms. The maximum absolute atomic E-state index is 10.3. The average molecular weight is 351 g/mol. The zero-order valence-electron chi connectivity index (χ0n) is 12.2. The van der Waals surface area contributed by atoms with Crippen LogP contribution in [0.3, 0.4) is 0 Å². The minimum absolute atomic E-state index is 0.443. The molecule has 0 amide bonds. The molecule has 4 heteroatoms. The van der Waals surface area contributed by atoms with E-state index < -0.39 is 6.10 Å². The van der Waals surface area contributed by atoms with Gasteiger partial charge in [0.2, 0.25) is 0 Å². The Morgan fingerprint density at radius 1 is 1.00 bits per heavy atom. The van der Waals surface area contributed by atoms with E-state index in [-0.39, 0.29) is 0 Å². The summed E-state index contributed by atoms with van der Waals surface area (Å²) in [6.45, 7) is 0. The van der Waals surface area contributed by atoms with Gasteiger partial charge in [-0.15, -0.1) is 0 Å². The van der Waals surface area contributed by atoms with Crippen LogP contribution < -0.4 is 9.47 Å². The number of benzene rings is 2. The average Bonchev–Trinajstić information content (AvgIpc) is 2.49. The van der Waals surface area contributed by atoms with Crippen LogP contribution in [-0.2, 0) is 12.8 Å². The Balaban J connectivity index is 2.06. The van der Waals surface area contributed by atoms with Gasteiger partial charge in [0.05, 0.1) is 20.3 Å². The Morgan fingerprint density at radius 3 is 2.38 bits per heavy atom.